The summed E-state index contributed by atoms with van der Waals surface area (Å²) in [7, 11) is 4.61. The summed E-state index contributed by atoms with van der Waals surface area (Å²) in [5.41, 5.74) is 2.07. The molecule has 2 aromatic heterocycles. The van der Waals surface area contributed by atoms with Crippen LogP contribution in [0.4, 0.5) is 0 Å². The molecule has 8 heteroatoms. The van der Waals surface area contributed by atoms with Crippen LogP contribution in [0.15, 0.2) is 63.5 Å². The minimum Gasteiger partial charge on any atom is -0.493 e. The van der Waals surface area contributed by atoms with E-state index in [4.69, 9.17) is 23.2 Å². The lowest BCUT2D eigenvalue weighted by molar-refractivity contribution is -0.116. The van der Waals surface area contributed by atoms with Gasteiger partial charge in [-0.25, -0.2) is 0 Å². The van der Waals surface area contributed by atoms with E-state index < -0.39 is 0 Å². The van der Waals surface area contributed by atoms with Gasteiger partial charge < -0.3 is 28.5 Å². The van der Waals surface area contributed by atoms with Crippen molar-refractivity contribution in [3.63, 3.8) is 0 Å². The standard InChI is InChI=1S/C24H22N2O6/c1-28-21-10-15(11-22(29-2)24(21)30-3)8-9-23(27)25-14-17-13-20(32-26-17)19-12-16-6-4-5-7-18(16)31-19/h4-13H,14H2,1-3H3,(H,25,27)/b9-8-. The second kappa shape index (κ2) is 9.30. The highest BCUT2D eigenvalue weighted by molar-refractivity contribution is 5.91. The molecule has 0 aliphatic rings. The number of carbonyl (C=O) groups excluding carboxylic acids is 1. The average Bonchev–Trinajstić information content (AvgIpc) is 3.47. The number of amides is 1. The van der Waals surface area contributed by atoms with Crippen LogP contribution in [-0.2, 0) is 11.3 Å². The maximum atomic E-state index is 12.3. The van der Waals surface area contributed by atoms with Crippen molar-refractivity contribution in [2.24, 2.45) is 0 Å². The number of ether oxygens (including phenoxy) is 3. The zero-order chi connectivity index (χ0) is 22.5. The summed E-state index contributed by atoms with van der Waals surface area (Å²) in [6.07, 6.45) is 3.07. The van der Waals surface area contributed by atoms with Gasteiger partial charge >= 0.3 is 0 Å². The predicted molar refractivity (Wildman–Crippen MR) is 119 cm³/mol. The summed E-state index contributed by atoms with van der Waals surface area (Å²) in [5, 5.41) is 7.75. The molecule has 1 amide bonds. The Bertz CT molecular complexity index is 1210. The fourth-order valence-corrected chi connectivity index (χ4v) is 3.22. The van der Waals surface area contributed by atoms with Crippen LogP contribution in [0.2, 0.25) is 0 Å². The van der Waals surface area contributed by atoms with Gasteiger partial charge in [0.1, 0.15) is 11.3 Å². The number of methoxy groups -OCH3 is 3. The van der Waals surface area contributed by atoms with Gasteiger partial charge in [0.2, 0.25) is 17.4 Å². The first-order valence-corrected chi connectivity index (χ1v) is 9.81. The van der Waals surface area contributed by atoms with Crippen LogP contribution in [0.1, 0.15) is 11.3 Å². The van der Waals surface area contributed by atoms with E-state index in [1.54, 1.807) is 24.3 Å². The molecule has 0 atom stereocenters. The van der Waals surface area contributed by atoms with Gasteiger partial charge in [-0.05, 0) is 35.9 Å². The molecule has 0 aliphatic heterocycles. The van der Waals surface area contributed by atoms with Crippen LogP contribution >= 0.6 is 0 Å². The molecule has 0 radical (unpaired) electrons. The summed E-state index contributed by atoms with van der Waals surface area (Å²) in [4.78, 5) is 12.3. The topological polar surface area (TPSA) is 96.0 Å². The molecular weight excluding hydrogens is 412 g/mol. The van der Waals surface area contributed by atoms with Crippen molar-refractivity contribution in [3.05, 3.63) is 65.9 Å². The van der Waals surface area contributed by atoms with E-state index >= 15 is 0 Å². The Morgan fingerprint density at radius 3 is 2.44 bits per heavy atom. The number of benzene rings is 2. The van der Waals surface area contributed by atoms with Crippen molar-refractivity contribution in [2.45, 2.75) is 6.54 Å². The molecule has 0 saturated heterocycles. The van der Waals surface area contributed by atoms with Crippen LogP contribution in [-0.4, -0.2) is 32.4 Å². The van der Waals surface area contributed by atoms with Crippen LogP contribution in [0, 0.1) is 0 Å². The van der Waals surface area contributed by atoms with E-state index in [9.17, 15) is 4.79 Å². The predicted octanol–water partition coefficient (Wildman–Crippen LogP) is 4.44. The Kier molecular flexibility index (Phi) is 6.12. The van der Waals surface area contributed by atoms with Crippen molar-refractivity contribution in [2.75, 3.05) is 21.3 Å². The zero-order valence-corrected chi connectivity index (χ0v) is 17.9. The van der Waals surface area contributed by atoms with E-state index in [-0.39, 0.29) is 12.5 Å². The van der Waals surface area contributed by atoms with Crippen molar-refractivity contribution >= 4 is 23.0 Å². The second-order valence-corrected chi connectivity index (χ2v) is 6.84. The zero-order valence-electron chi connectivity index (χ0n) is 17.9. The van der Waals surface area contributed by atoms with Crippen LogP contribution < -0.4 is 19.5 Å². The van der Waals surface area contributed by atoms with E-state index in [2.05, 4.69) is 10.5 Å². The number of aromatic nitrogens is 1. The number of nitrogens with zero attached hydrogens (tertiary/aromatic N) is 1. The lowest BCUT2D eigenvalue weighted by atomic mass is 10.1. The molecule has 2 heterocycles. The monoisotopic (exact) mass is 434 g/mol. The number of carbonyl (C=O) groups is 1. The number of rotatable bonds is 8. The highest BCUT2D eigenvalue weighted by atomic mass is 16.5. The molecule has 0 unspecified atom stereocenters. The van der Waals surface area contributed by atoms with E-state index in [1.165, 1.54) is 27.4 Å². The molecule has 1 N–H and O–H groups in total. The summed E-state index contributed by atoms with van der Waals surface area (Å²) in [6, 6.07) is 14.8. The largest absolute Gasteiger partial charge is 0.493 e. The Morgan fingerprint density at radius 1 is 1.00 bits per heavy atom. The van der Waals surface area contributed by atoms with Gasteiger partial charge in [-0.15, -0.1) is 0 Å². The number of hydrogen-bond donors (Lipinski definition) is 1. The minimum atomic E-state index is -0.285. The normalized spacial score (nSPS) is 11.1. The average molecular weight is 434 g/mol. The molecule has 2 aromatic carbocycles. The summed E-state index contributed by atoms with van der Waals surface area (Å²) in [6.45, 7) is 0.210. The maximum Gasteiger partial charge on any atom is 0.244 e. The highest BCUT2D eigenvalue weighted by Crippen LogP contribution is 2.38. The first kappa shape index (κ1) is 21.0. The van der Waals surface area contributed by atoms with E-state index in [0.29, 0.717) is 34.5 Å². The first-order valence-electron chi connectivity index (χ1n) is 9.81. The van der Waals surface area contributed by atoms with Gasteiger partial charge in [-0.2, -0.15) is 0 Å². The fraction of sp³-hybridized carbons (Fsp3) is 0.167. The molecule has 0 saturated carbocycles. The Labute approximate surface area is 184 Å². The Hall–Kier alpha value is -4.20. The number of para-hydroxylation sites is 1. The van der Waals surface area contributed by atoms with Crippen LogP contribution in [0.5, 0.6) is 17.2 Å². The molecular formula is C24H22N2O6. The fourth-order valence-electron chi connectivity index (χ4n) is 3.22. The smallest absolute Gasteiger partial charge is 0.244 e. The van der Waals surface area contributed by atoms with Gasteiger partial charge in [0, 0.05) is 17.5 Å². The summed E-state index contributed by atoms with van der Waals surface area (Å²) < 4.78 is 27.1. The molecule has 8 nitrogen and oxygen atoms in total. The van der Waals surface area contributed by atoms with Crippen LogP contribution in [0.3, 0.4) is 0 Å². The Morgan fingerprint density at radius 2 is 1.75 bits per heavy atom. The summed E-state index contributed by atoms with van der Waals surface area (Å²) >= 11 is 0. The van der Waals surface area contributed by atoms with Crippen molar-refractivity contribution in [1.82, 2.24) is 10.5 Å². The van der Waals surface area contributed by atoms with Gasteiger partial charge in [-0.3, -0.25) is 4.79 Å². The number of fused-ring (bicyclic) bond motifs is 1. The molecule has 0 fully saturated rings. The van der Waals surface area contributed by atoms with Gasteiger partial charge in [0.15, 0.2) is 17.3 Å². The third-order valence-electron chi connectivity index (χ3n) is 4.79. The number of nitrogens with one attached hydrogen (secondary N) is 1. The van der Waals surface area contributed by atoms with Crippen molar-refractivity contribution < 1.29 is 27.9 Å². The molecule has 4 aromatic rings. The molecule has 164 valence electrons. The number of furan rings is 1. The lowest BCUT2D eigenvalue weighted by Crippen LogP contribution is -2.20. The molecule has 0 spiro atoms. The highest BCUT2D eigenvalue weighted by Gasteiger charge is 2.13. The molecule has 0 bridgehead atoms. The molecule has 32 heavy (non-hydrogen) atoms. The van der Waals surface area contributed by atoms with E-state index in [0.717, 1.165) is 16.5 Å². The van der Waals surface area contributed by atoms with Crippen LogP contribution in [0.25, 0.3) is 28.6 Å². The van der Waals surface area contributed by atoms with Crippen molar-refractivity contribution in [1.29, 1.82) is 0 Å². The first-order chi connectivity index (χ1) is 15.6. The minimum absolute atomic E-state index is 0.210. The SMILES string of the molecule is COc1cc(/C=C\C(=O)NCc2cc(-c3cc4ccccc4o3)on2)cc(OC)c1OC. The summed E-state index contributed by atoms with van der Waals surface area (Å²) in [5.74, 6) is 2.30. The molecule has 4 rings (SSSR count). The number of hydrogen-bond acceptors (Lipinski definition) is 7. The second-order valence-electron chi connectivity index (χ2n) is 6.84. The van der Waals surface area contributed by atoms with Crippen molar-refractivity contribution in [3.8, 4) is 28.8 Å². The third-order valence-corrected chi connectivity index (χ3v) is 4.79. The van der Waals surface area contributed by atoms with Gasteiger partial charge in [-0.1, -0.05) is 23.4 Å². The maximum absolute atomic E-state index is 12.3. The van der Waals surface area contributed by atoms with E-state index in [1.807, 2.05) is 30.3 Å². The van der Waals surface area contributed by atoms with Gasteiger partial charge in [0.25, 0.3) is 0 Å². The quantitative estimate of drug-likeness (QED) is 0.410. The third kappa shape index (κ3) is 4.44. The lowest BCUT2D eigenvalue weighted by Gasteiger charge is -2.12. The Balaban J connectivity index is 1.40. The van der Waals surface area contributed by atoms with Gasteiger partial charge in [0.05, 0.1) is 27.9 Å². The molecule has 0 aliphatic carbocycles.